The molecule has 1 aliphatic carbocycles. The highest BCUT2D eigenvalue weighted by atomic mass is 79.9. The number of aromatic nitrogens is 2. The van der Waals surface area contributed by atoms with E-state index in [0.29, 0.717) is 6.42 Å². The van der Waals surface area contributed by atoms with E-state index in [1.807, 2.05) is 24.5 Å². The monoisotopic (exact) mass is 358 g/mol. The van der Waals surface area contributed by atoms with Gasteiger partial charge in [-0.2, -0.15) is 0 Å². The summed E-state index contributed by atoms with van der Waals surface area (Å²) in [6.45, 7) is 0. The van der Waals surface area contributed by atoms with Crippen molar-refractivity contribution in [1.29, 1.82) is 0 Å². The van der Waals surface area contributed by atoms with Gasteiger partial charge in [0.25, 0.3) is 0 Å². The van der Waals surface area contributed by atoms with E-state index in [1.165, 1.54) is 0 Å². The number of hydrogen-bond acceptors (Lipinski definition) is 1. The summed E-state index contributed by atoms with van der Waals surface area (Å²) in [6, 6.07) is 4.04. The highest BCUT2D eigenvalue weighted by Crippen LogP contribution is 2.47. The molecule has 3 unspecified atom stereocenters. The Morgan fingerprint density at radius 1 is 1.06 bits per heavy atom. The van der Waals surface area contributed by atoms with E-state index >= 15 is 0 Å². The Bertz CT molecular complexity index is 534. The second kappa shape index (κ2) is 4.30. The molecule has 90 valence electrons. The third-order valence-corrected chi connectivity index (χ3v) is 5.98. The molecule has 2 aromatic heterocycles. The predicted molar refractivity (Wildman–Crippen MR) is 73.6 cm³/mol. The number of H-pyrrole nitrogens is 2. The van der Waals surface area contributed by atoms with Crippen LogP contribution in [0.25, 0.3) is 0 Å². The molecule has 0 aromatic carbocycles. The fourth-order valence-electron chi connectivity index (χ4n) is 2.39. The van der Waals surface area contributed by atoms with E-state index in [9.17, 15) is 5.11 Å². The lowest BCUT2D eigenvalue weighted by Crippen LogP contribution is -2.13. The summed E-state index contributed by atoms with van der Waals surface area (Å²) in [5, 5.41) is 10.2. The second-order valence-electron chi connectivity index (χ2n) is 4.29. The van der Waals surface area contributed by atoms with Crippen molar-refractivity contribution >= 4 is 31.9 Å². The minimum atomic E-state index is -0.477. The molecule has 2 heterocycles. The Hall–Kier alpha value is -0.520. The first-order chi connectivity index (χ1) is 8.18. The largest absolute Gasteiger partial charge is 0.387 e. The molecule has 3 N–H and O–H groups in total. The molecule has 0 saturated heterocycles. The van der Waals surface area contributed by atoms with Crippen LogP contribution in [0, 0.1) is 0 Å². The minimum absolute atomic E-state index is 0.135. The molecule has 0 spiro atoms. The Balaban J connectivity index is 2.13. The summed E-state index contributed by atoms with van der Waals surface area (Å²) in [5.41, 5.74) is 4.31. The van der Waals surface area contributed by atoms with Gasteiger partial charge in [-0.15, -0.1) is 0 Å². The van der Waals surface area contributed by atoms with Crippen LogP contribution in [0.5, 0.6) is 0 Å². The number of aromatic amines is 2. The van der Waals surface area contributed by atoms with Gasteiger partial charge in [-0.1, -0.05) is 31.9 Å². The minimum Gasteiger partial charge on any atom is -0.387 e. The van der Waals surface area contributed by atoms with E-state index in [1.54, 1.807) is 0 Å². The van der Waals surface area contributed by atoms with Crippen LogP contribution < -0.4 is 0 Å². The molecule has 17 heavy (non-hydrogen) atoms. The molecule has 0 amide bonds. The van der Waals surface area contributed by atoms with Crippen molar-refractivity contribution in [3.8, 4) is 0 Å². The molecule has 3 atom stereocenters. The van der Waals surface area contributed by atoms with Crippen LogP contribution in [0.2, 0.25) is 0 Å². The molecule has 0 bridgehead atoms. The van der Waals surface area contributed by atoms with Gasteiger partial charge >= 0.3 is 0 Å². The van der Waals surface area contributed by atoms with Crippen LogP contribution in [0.1, 0.15) is 38.3 Å². The van der Waals surface area contributed by atoms with Crippen LogP contribution >= 0.6 is 31.9 Å². The van der Waals surface area contributed by atoms with Crippen LogP contribution in [0.15, 0.2) is 24.5 Å². The molecular formula is C12H12Br2N2O. The van der Waals surface area contributed by atoms with Gasteiger partial charge in [0.2, 0.25) is 0 Å². The maximum Gasteiger partial charge on any atom is 0.0981 e. The highest BCUT2D eigenvalue weighted by molar-refractivity contribution is 9.12. The van der Waals surface area contributed by atoms with E-state index in [2.05, 4.69) is 41.8 Å². The first-order valence-corrected chi connectivity index (χ1v) is 7.31. The summed E-state index contributed by atoms with van der Waals surface area (Å²) in [5.74, 6) is 0. The molecule has 1 aliphatic rings. The van der Waals surface area contributed by atoms with Gasteiger partial charge in [0, 0.05) is 30.2 Å². The number of rotatable bonds is 0. The van der Waals surface area contributed by atoms with Gasteiger partial charge in [-0.05, 0) is 23.3 Å². The SMILES string of the molecule is OC1Cc2cc[nH]c2C(Br)C(Br)c2cc[nH]c21. The van der Waals surface area contributed by atoms with Crippen molar-refractivity contribution in [3.05, 3.63) is 47.0 Å². The molecule has 0 radical (unpaired) electrons. The van der Waals surface area contributed by atoms with Gasteiger partial charge in [-0.25, -0.2) is 0 Å². The fraction of sp³-hybridized carbons (Fsp3) is 0.333. The molecule has 0 saturated carbocycles. The maximum absolute atomic E-state index is 10.2. The van der Waals surface area contributed by atoms with Crippen molar-refractivity contribution in [3.63, 3.8) is 0 Å². The number of nitrogens with one attached hydrogen (secondary N) is 2. The van der Waals surface area contributed by atoms with Gasteiger partial charge in [-0.3, -0.25) is 0 Å². The van der Waals surface area contributed by atoms with Crippen molar-refractivity contribution in [2.24, 2.45) is 0 Å². The third-order valence-electron chi connectivity index (χ3n) is 3.26. The molecule has 5 heteroatoms. The molecule has 3 nitrogen and oxygen atoms in total. The van der Waals surface area contributed by atoms with E-state index < -0.39 is 6.10 Å². The van der Waals surface area contributed by atoms with Crippen molar-refractivity contribution in [2.45, 2.75) is 22.2 Å². The quantitative estimate of drug-likeness (QED) is 0.619. The standard InChI is InChI=1S/C12H12Br2N2O/c13-9-7-2-4-16-12(7)8(17)5-6-1-3-15-11(6)10(9)14/h1-4,8-10,15-17H,5H2. The van der Waals surface area contributed by atoms with Crippen LogP contribution in [-0.4, -0.2) is 15.1 Å². The molecule has 0 aliphatic heterocycles. The van der Waals surface area contributed by atoms with Gasteiger partial charge < -0.3 is 15.1 Å². The van der Waals surface area contributed by atoms with Crippen LogP contribution in [0.3, 0.4) is 0 Å². The Morgan fingerprint density at radius 3 is 2.59 bits per heavy atom. The average Bonchev–Trinajstić information content (AvgIpc) is 2.93. The number of hydrogen-bond donors (Lipinski definition) is 3. The summed E-state index contributed by atoms with van der Waals surface area (Å²) in [4.78, 5) is 6.70. The number of alkyl halides is 2. The number of aliphatic hydroxyl groups excluding tert-OH is 1. The molecule has 2 aromatic rings. The normalized spacial score (nSPS) is 28.1. The Labute approximate surface area is 116 Å². The lowest BCUT2D eigenvalue weighted by molar-refractivity contribution is 0.172. The molecular weight excluding hydrogens is 348 g/mol. The Morgan fingerprint density at radius 2 is 1.76 bits per heavy atom. The van der Waals surface area contributed by atoms with Crippen molar-refractivity contribution < 1.29 is 5.11 Å². The first-order valence-electron chi connectivity index (χ1n) is 5.48. The maximum atomic E-state index is 10.2. The Kier molecular flexibility index (Phi) is 2.92. The number of halogens is 2. The van der Waals surface area contributed by atoms with Crippen LogP contribution in [-0.2, 0) is 6.42 Å². The number of aliphatic hydroxyl groups is 1. The van der Waals surface area contributed by atoms with Gasteiger partial charge in [0.15, 0.2) is 0 Å². The van der Waals surface area contributed by atoms with Gasteiger partial charge in [0.05, 0.1) is 15.8 Å². The van der Waals surface area contributed by atoms with Crippen molar-refractivity contribution in [2.75, 3.05) is 0 Å². The van der Waals surface area contributed by atoms with E-state index in [0.717, 1.165) is 22.5 Å². The number of fused-ring (bicyclic) bond motifs is 2. The summed E-state index contributed by atoms with van der Waals surface area (Å²) >= 11 is 7.42. The van der Waals surface area contributed by atoms with E-state index in [4.69, 9.17) is 0 Å². The zero-order chi connectivity index (χ0) is 12.0. The average molecular weight is 360 g/mol. The predicted octanol–water partition coefficient (Wildman–Crippen LogP) is 3.50. The highest BCUT2D eigenvalue weighted by Gasteiger charge is 2.30. The smallest absolute Gasteiger partial charge is 0.0981 e. The fourth-order valence-corrected chi connectivity index (χ4v) is 3.76. The molecule has 0 fully saturated rings. The second-order valence-corrected chi connectivity index (χ2v) is 6.26. The third kappa shape index (κ3) is 1.80. The summed E-state index contributed by atoms with van der Waals surface area (Å²) in [6.07, 6.45) is 3.95. The topological polar surface area (TPSA) is 51.8 Å². The first kappa shape index (κ1) is 11.6. The van der Waals surface area contributed by atoms with E-state index in [-0.39, 0.29) is 9.65 Å². The zero-order valence-corrected chi connectivity index (χ0v) is 12.1. The lowest BCUT2D eigenvalue weighted by Gasteiger charge is -2.24. The summed E-state index contributed by atoms with van der Waals surface area (Å²) < 4.78 is 0. The lowest BCUT2D eigenvalue weighted by atomic mass is 9.95. The molecule has 3 rings (SSSR count). The zero-order valence-electron chi connectivity index (χ0n) is 8.95. The van der Waals surface area contributed by atoms with Gasteiger partial charge in [0.1, 0.15) is 0 Å². The van der Waals surface area contributed by atoms with Crippen LogP contribution in [0.4, 0.5) is 0 Å². The summed E-state index contributed by atoms with van der Waals surface area (Å²) in [7, 11) is 0. The van der Waals surface area contributed by atoms with Crippen molar-refractivity contribution in [1.82, 2.24) is 9.97 Å².